The summed E-state index contributed by atoms with van der Waals surface area (Å²) in [5, 5.41) is 9.77. The molecule has 0 aliphatic heterocycles. The van der Waals surface area contributed by atoms with Crippen LogP contribution in [0.25, 0.3) is 0 Å². The van der Waals surface area contributed by atoms with E-state index in [1.807, 2.05) is 18.2 Å². The smallest absolute Gasteiger partial charge is 0.0801 e. The van der Waals surface area contributed by atoms with Crippen LogP contribution in [0.5, 0.6) is 0 Å². The summed E-state index contributed by atoms with van der Waals surface area (Å²) in [6.07, 6.45) is 1.42. The fourth-order valence-electron chi connectivity index (χ4n) is 1.20. The molecule has 1 aromatic rings. The molecule has 1 atom stereocenters. The molecule has 0 heterocycles. The highest BCUT2D eigenvalue weighted by molar-refractivity contribution is 9.11. The highest BCUT2D eigenvalue weighted by Gasteiger charge is 2.10. The van der Waals surface area contributed by atoms with Gasteiger partial charge in [0.05, 0.1) is 6.10 Å². The number of aliphatic hydroxyl groups excluding tert-OH is 1. The molecule has 0 spiro atoms. The van der Waals surface area contributed by atoms with Crippen molar-refractivity contribution in [3.05, 3.63) is 32.7 Å². The lowest BCUT2D eigenvalue weighted by Gasteiger charge is -2.11. The van der Waals surface area contributed by atoms with Gasteiger partial charge in [-0.05, 0) is 30.2 Å². The van der Waals surface area contributed by atoms with Crippen LogP contribution in [0, 0.1) is 0 Å². The number of halogens is 2. The molecule has 0 aliphatic rings. The Morgan fingerprint density at radius 3 is 2.69 bits per heavy atom. The van der Waals surface area contributed by atoms with Crippen molar-refractivity contribution in [2.75, 3.05) is 0 Å². The summed E-state index contributed by atoms with van der Waals surface area (Å²) >= 11 is 6.80. The summed E-state index contributed by atoms with van der Waals surface area (Å²) in [5.41, 5.74) is 0.955. The van der Waals surface area contributed by atoms with Crippen molar-refractivity contribution in [1.29, 1.82) is 0 Å². The first-order valence-electron chi connectivity index (χ1n) is 4.28. The molecular weight excluding hydrogens is 296 g/mol. The Bertz CT molecular complexity index is 286. The molecule has 0 bridgehead atoms. The van der Waals surface area contributed by atoms with Gasteiger partial charge in [0.1, 0.15) is 0 Å². The molecule has 1 unspecified atom stereocenters. The third-order valence-corrected chi connectivity index (χ3v) is 3.09. The van der Waals surface area contributed by atoms with Crippen molar-refractivity contribution >= 4 is 31.9 Å². The average molecular weight is 308 g/mol. The van der Waals surface area contributed by atoms with Crippen molar-refractivity contribution in [2.24, 2.45) is 0 Å². The van der Waals surface area contributed by atoms with E-state index in [1.54, 1.807) is 0 Å². The maximum Gasteiger partial charge on any atom is 0.0801 e. The second kappa shape index (κ2) is 5.13. The van der Waals surface area contributed by atoms with Gasteiger partial charge in [0, 0.05) is 8.95 Å². The zero-order valence-electron chi connectivity index (χ0n) is 7.43. The van der Waals surface area contributed by atoms with Crippen molar-refractivity contribution in [3.63, 3.8) is 0 Å². The van der Waals surface area contributed by atoms with Crippen LogP contribution in [0.1, 0.15) is 31.4 Å². The van der Waals surface area contributed by atoms with E-state index in [0.29, 0.717) is 0 Å². The molecule has 72 valence electrons. The van der Waals surface area contributed by atoms with Crippen LogP contribution in [0.15, 0.2) is 27.1 Å². The number of hydrogen-bond donors (Lipinski definition) is 1. The van der Waals surface area contributed by atoms with E-state index in [-0.39, 0.29) is 6.10 Å². The van der Waals surface area contributed by atoms with E-state index in [4.69, 9.17) is 0 Å². The van der Waals surface area contributed by atoms with Gasteiger partial charge in [-0.3, -0.25) is 0 Å². The molecule has 0 fully saturated rings. The Hall–Kier alpha value is 0.140. The number of hydrogen-bond acceptors (Lipinski definition) is 1. The molecule has 0 saturated carbocycles. The Morgan fingerprint density at radius 2 is 2.08 bits per heavy atom. The Balaban J connectivity index is 2.91. The van der Waals surface area contributed by atoms with Crippen LogP contribution >= 0.6 is 31.9 Å². The zero-order chi connectivity index (χ0) is 9.84. The van der Waals surface area contributed by atoms with E-state index in [2.05, 4.69) is 38.8 Å². The van der Waals surface area contributed by atoms with E-state index in [9.17, 15) is 5.11 Å². The first-order valence-corrected chi connectivity index (χ1v) is 5.86. The lowest BCUT2D eigenvalue weighted by molar-refractivity contribution is 0.165. The molecule has 1 rings (SSSR count). The normalized spacial score (nSPS) is 12.9. The van der Waals surface area contributed by atoms with Gasteiger partial charge in [-0.15, -0.1) is 0 Å². The minimum absolute atomic E-state index is 0.364. The monoisotopic (exact) mass is 306 g/mol. The van der Waals surface area contributed by atoms with Gasteiger partial charge in [-0.2, -0.15) is 0 Å². The number of rotatable bonds is 3. The molecule has 0 amide bonds. The highest BCUT2D eigenvalue weighted by Crippen LogP contribution is 2.29. The van der Waals surface area contributed by atoms with E-state index in [0.717, 1.165) is 27.4 Å². The first-order chi connectivity index (χ1) is 6.15. The summed E-state index contributed by atoms with van der Waals surface area (Å²) in [6, 6.07) is 5.84. The summed E-state index contributed by atoms with van der Waals surface area (Å²) in [6.45, 7) is 2.06. The quantitative estimate of drug-likeness (QED) is 0.893. The molecular formula is C10H12Br2O. The molecule has 3 heteroatoms. The summed E-state index contributed by atoms with van der Waals surface area (Å²) in [7, 11) is 0. The maximum atomic E-state index is 9.77. The van der Waals surface area contributed by atoms with E-state index in [1.165, 1.54) is 0 Å². The van der Waals surface area contributed by atoms with Crippen molar-refractivity contribution in [1.82, 2.24) is 0 Å². The number of benzene rings is 1. The highest BCUT2D eigenvalue weighted by atomic mass is 79.9. The third kappa shape index (κ3) is 3.08. The van der Waals surface area contributed by atoms with E-state index < -0.39 is 0 Å². The predicted octanol–water partition coefficient (Wildman–Crippen LogP) is 4.05. The predicted molar refractivity (Wildman–Crippen MR) is 61.7 cm³/mol. The van der Waals surface area contributed by atoms with Gasteiger partial charge in [0.15, 0.2) is 0 Å². The van der Waals surface area contributed by atoms with Crippen molar-refractivity contribution < 1.29 is 5.11 Å². The van der Waals surface area contributed by atoms with Crippen LogP contribution < -0.4 is 0 Å². The second-order valence-corrected chi connectivity index (χ2v) is 4.74. The van der Waals surface area contributed by atoms with Crippen molar-refractivity contribution in [3.8, 4) is 0 Å². The molecule has 0 aliphatic carbocycles. The molecule has 1 aromatic carbocycles. The molecule has 0 saturated heterocycles. The molecule has 1 N–H and O–H groups in total. The minimum atomic E-state index is -0.364. The molecule has 1 nitrogen and oxygen atoms in total. The Labute approximate surface area is 95.4 Å². The summed E-state index contributed by atoms with van der Waals surface area (Å²) in [5.74, 6) is 0. The lowest BCUT2D eigenvalue weighted by atomic mass is 10.1. The standard InChI is InChI=1S/C10H12Br2O/c1-2-3-10(13)8-6-7(11)4-5-9(8)12/h4-6,10,13H,2-3H2,1H3. The van der Waals surface area contributed by atoms with Crippen LogP contribution in [-0.4, -0.2) is 5.11 Å². The SMILES string of the molecule is CCCC(O)c1cc(Br)ccc1Br. The Kier molecular flexibility index (Phi) is 4.42. The van der Waals surface area contributed by atoms with Gasteiger partial charge in [0.2, 0.25) is 0 Å². The zero-order valence-corrected chi connectivity index (χ0v) is 10.6. The van der Waals surface area contributed by atoms with Gasteiger partial charge in [-0.1, -0.05) is 45.2 Å². The van der Waals surface area contributed by atoms with Gasteiger partial charge >= 0.3 is 0 Å². The third-order valence-electron chi connectivity index (χ3n) is 1.88. The topological polar surface area (TPSA) is 20.2 Å². The summed E-state index contributed by atoms with van der Waals surface area (Å²) in [4.78, 5) is 0. The van der Waals surface area contributed by atoms with Crippen molar-refractivity contribution in [2.45, 2.75) is 25.9 Å². The van der Waals surface area contributed by atoms with Crippen LogP contribution in [0.2, 0.25) is 0 Å². The maximum absolute atomic E-state index is 9.77. The van der Waals surface area contributed by atoms with Crippen LogP contribution in [-0.2, 0) is 0 Å². The van der Waals surface area contributed by atoms with Gasteiger partial charge < -0.3 is 5.11 Å². The van der Waals surface area contributed by atoms with Gasteiger partial charge in [-0.25, -0.2) is 0 Å². The molecule has 0 aromatic heterocycles. The summed E-state index contributed by atoms with van der Waals surface area (Å²) < 4.78 is 1.97. The van der Waals surface area contributed by atoms with Gasteiger partial charge in [0.25, 0.3) is 0 Å². The lowest BCUT2D eigenvalue weighted by Crippen LogP contribution is -1.97. The minimum Gasteiger partial charge on any atom is -0.388 e. The average Bonchev–Trinajstić information content (AvgIpc) is 2.09. The molecule has 0 radical (unpaired) electrons. The van der Waals surface area contributed by atoms with Crippen LogP contribution in [0.4, 0.5) is 0 Å². The fourth-order valence-corrected chi connectivity index (χ4v) is 2.09. The molecule has 13 heavy (non-hydrogen) atoms. The largest absolute Gasteiger partial charge is 0.388 e. The van der Waals surface area contributed by atoms with E-state index >= 15 is 0 Å². The van der Waals surface area contributed by atoms with Crippen LogP contribution in [0.3, 0.4) is 0 Å². The second-order valence-electron chi connectivity index (χ2n) is 2.97. The number of aliphatic hydroxyl groups is 1. The fraction of sp³-hybridized carbons (Fsp3) is 0.400. The first kappa shape index (κ1) is 11.2. The Morgan fingerprint density at radius 1 is 1.38 bits per heavy atom.